The quantitative estimate of drug-likeness (QED) is 0.453. The number of nitrogens with zero attached hydrogens (tertiary/aromatic N) is 2. The van der Waals surface area contributed by atoms with Crippen LogP contribution in [0.2, 0.25) is 0 Å². The number of carbonyl (C=O) groups is 1. The predicted molar refractivity (Wildman–Crippen MR) is 91.0 cm³/mol. The molecule has 0 aromatic rings. The third-order valence-electron chi connectivity index (χ3n) is 7.09. The van der Waals surface area contributed by atoms with Gasteiger partial charge in [-0.05, 0) is 41.4 Å². The van der Waals surface area contributed by atoms with Crippen molar-refractivity contribution in [3.8, 4) is 0 Å². The molecule has 4 nitrogen and oxygen atoms in total. The minimum absolute atomic E-state index is 0.0945. The van der Waals surface area contributed by atoms with Gasteiger partial charge in [0.1, 0.15) is 11.8 Å². The fourth-order valence-corrected chi connectivity index (χ4v) is 5.67. The van der Waals surface area contributed by atoms with Gasteiger partial charge in [-0.25, -0.2) is 0 Å². The molecule has 0 saturated heterocycles. The molecule has 1 radical (unpaired) electrons. The normalized spacial score (nSPS) is 47.8. The third kappa shape index (κ3) is 1.83. The first-order valence-electron chi connectivity index (χ1n) is 8.74. The van der Waals surface area contributed by atoms with Crippen LogP contribution in [0.15, 0.2) is 52.9 Å². The number of aliphatic hydroxyl groups is 1. The average molecular weight is 323 g/mol. The number of ketones is 1. The Morgan fingerprint density at radius 2 is 2.17 bits per heavy atom. The Kier molecular flexibility index (Phi) is 3.25. The molecule has 24 heavy (non-hydrogen) atoms. The van der Waals surface area contributed by atoms with Gasteiger partial charge >= 0.3 is 0 Å². The minimum atomic E-state index is -0.348. The Hall–Kier alpha value is -1.97. The molecule has 4 rings (SSSR count). The highest BCUT2D eigenvalue weighted by molar-refractivity contribution is 5.91. The first kappa shape index (κ1) is 15.6. The largest absolute Gasteiger partial charge is 0.516 e. The average Bonchev–Trinajstić information content (AvgIpc) is 2.85. The smallest absolute Gasteiger partial charge is 0.143 e. The highest BCUT2D eigenvalue weighted by Gasteiger charge is 2.59. The Balaban J connectivity index is 1.80. The van der Waals surface area contributed by atoms with Crippen LogP contribution >= 0.6 is 0 Å². The number of aliphatic hydroxyl groups excluding tert-OH is 1. The summed E-state index contributed by atoms with van der Waals surface area (Å²) in [5, 5.41) is 13.1. The van der Waals surface area contributed by atoms with Crippen LogP contribution in [0.4, 0.5) is 0 Å². The lowest BCUT2D eigenvalue weighted by Crippen LogP contribution is -2.48. The molecule has 0 spiro atoms. The lowest BCUT2D eigenvalue weighted by Gasteiger charge is -2.53. The summed E-state index contributed by atoms with van der Waals surface area (Å²) in [6.45, 7) is 4.32. The summed E-state index contributed by atoms with van der Waals surface area (Å²) in [5.74, 6) is 1.01. The zero-order valence-electron chi connectivity index (χ0n) is 14.1. The maximum atomic E-state index is 12.6. The molecule has 0 heterocycles. The van der Waals surface area contributed by atoms with Crippen molar-refractivity contribution in [2.24, 2.45) is 33.7 Å². The van der Waals surface area contributed by atoms with E-state index in [0.29, 0.717) is 12.3 Å². The lowest BCUT2D eigenvalue weighted by molar-refractivity contribution is -0.129. The van der Waals surface area contributed by atoms with E-state index in [1.165, 1.54) is 11.8 Å². The standard InChI is InChI=1S/C20H23N2O2/c1-19-7-5-14(22-21)10-13(19)3-4-15-16(19)6-8-20(2)17(24)9-12(11-23)18(15)20/h3-5,7,10-11,14-16,18,23H,6,8-9H2,1-2H3/t14?,15?,16?,18?,19-,20+/m0/s1. The highest BCUT2D eigenvalue weighted by Crippen LogP contribution is 2.63. The van der Waals surface area contributed by atoms with Crippen LogP contribution in [0, 0.1) is 28.6 Å². The minimum Gasteiger partial charge on any atom is -0.516 e. The number of hydrogen-bond donors (Lipinski definition) is 1. The van der Waals surface area contributed by atoms with Gasteiger partial charge < -0.3 is 5.11 Å². The van der Waals surface area contributed by atoms with Crippen molar-refractivity contribution in [1.29, 1.82) is 0 Å². The number of rotatable bonds is 1. The van der Waals surface area contributed by atoms with Gasteiger partial charge in [-0.3, -0.25) is 4.79 Å². The van der Waals surface area contributed by atoms with Crippen LogP contribution in [0.5, 0.6) is 0 Å². The second kappa shape index (κ2) is 5.01. The van der Waals surface area contributed by atoms with E-state index in [-0.39, 0.29) is 34.5 Å². The van der Waals surface area contributed by atoms with Gasteiger partial charge in [0, 0.05) is 23.2 Å². The molecule has 0 bridgehead atoms. The van der Waals surface area contributed by atoms with Gasteiger partial charge in [0.15, 0.2) is 0 Å². The summed E-state index contributed by atoms with van der Waals surface area (Å²) in [7, 11) is 0. The Morgan fingerprint density at radius 3 is 2.88 bits per heavy atom. The zero-order valence-corrected chi connectivity index (χ0v) is 14.1. The molecule has 0 aromatic carbocycles. The number of allylic oxidation sites excluding steroid dienone is 5. The highest BCUT2D eigenvalue weighted by atomic mass is 16.2. The van der Waals surface area contributed by atoms with E-state index >= 15 is 0 Å². The van der Waals surface area contributed by atoms with Gasteiger partial charge in [-0.15, -0.1) is 0 Å². The SMILES string of the molecule is C[C@]12C=CC(N=[N])C=C1C=CC1C2CC[C@]2(C)C(=O)CC(=CO)C12. The molecule has 1 N–H and O–H groups in total. The van der Waals surface area contributed by atoms with Gasteiger partial charge in [0.25, 0.3) is 0 Å². The Bertz CT molecular complexity index is 732. The Morgan fingerprint density at radius 1 is 1.38 bits per heavy atom. The van der Waals surface area contributed by atoms with Crippen LogP contribution < -0.4 is 5.53 Å². The maximum absolute atomic E-state index is 12.6. The van der Waals surface area contributed by atoms with Crippen LogP contribution in [-0.2, 0) is 4.79 Å². The molecule has 4 heteroatoms. The maximum Gasteiger partial charge on any atom is 0.143 e. The molecule has 6 atom stereocenters. The van der Waals surface area contributed by atoms with Crippen molar-refractivity contribution in [3.63, 3.8) is 0 Å². The summed E-state index contributed by atoms with van der Waals surface area (Å²) in [4.78, 5) is 12.6. The summed E-state index contributed by atoms with van der Waals surface area (Å²) < 4.78 is 0. The lowest BCUT2D eigenvalue weighted by atomic mass is 9.50. The van der Waals surface area contributed by atoms with Crippen molar-refractivity contribution in [2.45, 2.75) is 39.2 Å². The molecule has 0 amide bonds. The summed E-state index contributed by atoms with van der Waals surface area (Å²) in [6.07, 6.45) is 13.9. The summed E-state index contributed by atoms with van der Waals surface area (Å²) in [6, 6.07) is -0.274. The Labute approximate surface area is 142 Å². The molecule has 125 valence electrons. The number of carbonyl (C=O) groups excluding carboxylic acids is 1. The molecule has 2 fully saturated rings. The first-order chi connectivity index (χ1) is 11.4. The first-order valence-corrected chi connectivity index (χ1v) is 8.74. The van der Waals surface area contributed by atoms with Gasteiger partial charge in [-0.1, -0.05) is 44.2 Å². The van der Waals surface area contributed by atoms with Crippen molar-refractivity contribution in [3.05, 3.63) is 47.8 Å². The molecule has 0 aromatic heterocycles. The van der Waals surface area contributed by atoms with Crippen molar-refractivity contribution < 1.29 is 9.90 Å². The molecule has 0 aliphatic heterocycles. The number of fused-ring (bicyclic) bond motifs is 5. The van der Waals surface area contributed by atoms with Crippen LogP contribution in [-0.4, -0.2) is 16.9 Å². The number of hydrogen-bond acceptors (Lipinski definition) is 3. The fraction of sp³-hybridized carbons (Fsp3) is 0.550. The van der Waals surface area contributed by atoms with Crippen LogP contribution in [0.3, 0.4) is 0 Å². The topological polar surface area (TPSA) is 72.0 Å². The van der Waals surface area contributed by atoms with E-state index in [9.17, 15) is 9.90 Å². The molecule has 4 aliphatic carbocycles. The van der Waals surface area contributed by atoms with Crippen molar-refractivity contribution in [1.82, 2.24) is 5.53 Å². The van der Waals surface area contributed by atoms with E-state index in [1.54, 1.807) is 0 Å². The van der Waals surface area contributed by atoms with E-state index in [1.807, 2.05) is 12.2 Å². The van der Waals surface area contributed by atoms with E-state index in [2.05, 4.69) is 37.2 Å². The van der Waals surface area contributed by atoms with Gasteiger partial charge in [0.05, 0.1) is 6.26 Å². The van der Waals surface area contributed by atoms with Crippen molar-refractivity contribution in [2.75, 3.05) is 0 Å². The molecule has 2 saturated carbocycles. The fourth-order valence-electron chi connectivity index (χ4n) is 5.67. The van der Waals surface area contributed by atoms with E-state index in [0.717, 1.165) is 18.4 Å². The molecule has 4 unspecified atom stereocenters. The summed E-state index contributed by atoms with van der Waals surface area (Å²) in [5.41, 5.74) is 10.7. The van der Waals surface area contributed by atoms with Gasteiger partial charge in [-0.2, -0.15) is 5.11 Å². The molecule has 4 aliphatic rings. The van der Waals surface area contributed by atoms with Gasteiger partial charge in [0.2, 0.25) is 0 Å². The van der Waals surface area contributed by atoms with Crippen LogP contribution in [0.1, 0.15) is 33.1 Å². The van der Waals surface area contributed by atoms with Crippen LogP contribution in [0.25, 0.3) is 0 Å². The van der Waals surface area contributed by atoms with E-state index in [4.69, 9.17) is 5.53 Å². The second-order valence-corrected chi connectivity index (χ2v) is 8.15. The predicted octanol–water partition coefficient (Wildman–Crippen LogP) is 3.74. The molecular formula is C20H23N2O2. The monoisotopic (exact) mass is 323 g/mol. The second-order valence-electron chi connectivity index (χ2n) is 8.15. The number of Topliss-reactive ketones (excluding diaryl/α,β-unsaturated/α-hetero) is 1. The van der Waals surface area contributed by atoms with E-state index < -0.39 is 0 Å². The summed E-state index contributed by atoms with van der Waals surface area (Å²) >= 11 is 0. The van der Waals surface area contributed by atoms with Crippen molar-refractivity contribution >= 4 is 5.78 Å². The zero-order chi connectivity index (χ0) is 17.1. The molecular weight excluding hydrogens is 300 g/mol. The third-order valence-corrected chi connectivity index (χ3v) is 7.09.